The number of aromatic amines is 1. The van der Waals surface area contributed by atoms with Crippen LogP contribution in [-0.4, -0.2) is 31.2 Å². The van der Waals surface area contributed by atoms with Gasteiger partial charge in [0, 0.05) is 12.2 Å². The summed E-state index contributed by atoms with van der Waals surface area (Å²) in [7, 11) is -3.79. The molecule has 3 N–H and O–H groups in total. The van der Waals surface area contributed by atoms with Crippen LogP contribution in [0.15, 0.2) is 22.0 Å². The smallest absolute Gasteiger partial charge is 0.266 e. The monoisotopic (exact) mass is 280 g/mol. The van der Waals surface area contributed by atoms with Crippen LogP contribution < -0.4 is 10.3 Å². The van der Waals surface area contributed by atoms with Crippen LogP contribution in [0.2, 0.25) is 5.02 Å². The van der Waals surface area contributed by atoms with Crippen molar-refractivity contribution in [3.05, 3.63) is 27.6 Å². The summed E-state index contributed by atoms with van der Waals surface area (Å²) >= 11 is 5.54. The second kappa shape index (κ2) is 5.63. The molecule has 0 unspecified atom stereocenters. The van der Waals surface area contributed by atoms with Crippen molar-refractivity contribution in [3.63, 3.8) is 0 Å². The Morgan fingerprint density at radius 2 is 2.24 bits per heavy atom. The number of halogens is 1. The van der Waals surface area contributed by atoms with E-state index in [1.165, 1.54) is 0 Å². The first-order valence-corrected chi connectivity index (χ1v) is 6.78. The van der Waals surface area contributed by atoms with E-state index in [-0.39, 0.29) is 16.5 Å². The molecule has 0 aliphatic carbocycles. The zero-order chi connectivity index (χ0) is 13.1. The van der Waals surface area contributed by atoms with Crippen LogP contribution in [0.1, 0.15) is 13.3 Å². The highest BCUT2D eigenvalue weighted by molar-refractivity contribution is 7.89. The lowest BCUT2D eigenvalue weighted by Crippen LogP contribution is -2.37. The molecule has 1 aromatic heterocycles. The van der Waals surface area contributed by atoms with Gasteiger partial charge in [0.25, 0.3) is 5.56 Å². The number of hydrogen-bond donors (Lipinski definition) is 3. The van der Waals surface area contributed by atoms with Crippen LogP contribution in [-0.2, 0) is 10.0 Å². The standard InChI is InChI=1S/C9H13ClN2O4S/c1-2-6(5-13)12-17(15,16)7-3-8(10)9(14)11-4-7/h3-4,6,12-13H,2,5H2,1H3,(H,11,14)/t6-/m1/s1. The van der Waals surface area contributed by atoms with Crippen LogP contribution in [0.5, 0.6) is 0 Å². The number of sulfonamides is 1. The third-order valence-electron chi connectivity index (χ3n) is 2.18. The maximum atomic E-state index is 11.8. The average Bonchev–Trinajstić information content (AvgIpc) is 2.29. The predicted molar refractivity (Wildman–Crippen MR) is 63.6 cm³/mol. The fourth-order valence-corrected chi connectivity index (χ4v) is 2.67. The molecule has 6 nitrogen and oxygen atoms in total. The molecule has 0 fully saturated rings. The van der Waals surface area contributed by atoms with Gasteiger partial charge in [0.2, 0.25) is 10.0 Å². The van der Waals surface area contributed by atoms with Crippen molar-refractivity contribution in [2.45, 2.75) is 24.3 Å². The summed E-state index contributed by atoms with van der Waals surface area (Å²) < 4.78 is 25.9. The first-order chi connectivity index (χ1) is 7.90. The van der Waals surface area contributed by atoms with Gasteiger partial charge in [-0.25, -0.2) is 13.1 Å². The Balaban J connectivity index is 3.05. The third kappa shape index (κ3) is 3.53. The summed E-state index contributed by atoms with van der Waals surface area (Å²) in [5, 5.41) is 8.72. The highest BCUT2D eigenvalue weighted by atomic mass is 35.5. The minimum atomic E-state index is -3.79. The molecule has 1 rings (SSSR count). The van der Waals surface area contributed by atoms with E-state index >= 15 is 0 Å². The lowest BCUT2D eigenvalue weighted by atomic mass is 10.3. The second-order valence-corrected chi connectivity index (χ2v) is 5.54. The Kier molecular flexibility index (Phi) is 4.70. The highest BCUT2D eigenvalue weighted by Crippen LogP contribution is 2.11. The number of hydrogen-bond acceptors (Lipinski definition) is 4. The van der Waals surface area contributed by atoms with E-state index in [4.69, 9.17) is 16.7 Å². The average molecular weight is 281 g/mol. The van der Waals surface area contributed by atoms with Crippen molar-refractivity contribution in [1.82, 2.24) is 9.71 Å². The molecule has 0 bridgehead atoms. The van der Waals surface area contributed by atoms with Crippen molar-refractivity contribution in [3.8, 4) is 0 Å². The van der Waals surface area contributed by atoms with Crippen LogP contribution in [0.4, 0.5) is 0 Å². The molecule has 0 aliphatic heterocycles. The molecule has 1 aromatic rings. The van der Waals surface area contributed by atoms with Gasteiger partial charge in [0.1, 0.15) is 5.02 Å². The van der Waals surface area contributed by atoms with Gasteiger partial charge < -0.3 is 10.1 Å². The van der Waals surface area contributed by atoms with Gasteiger partial charge >= 0.3 is 0 Å². The van der Waals surface area contributed by atoms with E-state index in [1.807, 2.05) is 0 Å². The Hall–Kier alpha value is -0.890. The van der Waals surface area contributed by atoms with Crippen molar-refractivity contribution in [2.24, 2.45) is 0 Å². The SMILES string of the molecule is CC[C@H](CO)NS(=O)(=O)c1c[nH]c(=O)c(Cl)c1. The molecule has 0 aromatic carbocycles. The van der Waals surface area contributed by atoms with Gasteiger partial charge in [-0.15, -0.1) is 0 Å². The second-order valence-electron chi connectivity index (χ2n) is 3.42. The lowest BCUT2D eigenvalue weighted by molar-refractivity contribution is 0.254. The molecule has 0 radical (unpaired) electrons. The Labute approximate surface area is 104 Å². The number of nitrogens with one attached hydrogen (secondary N) is 2. The van der Waals surface area contributed by atoms with E-state index in [0.717, 1.165) is 12.3 Å². The van der Waals surface area contributed by atoms with E-state index in [2.05, 4.69) is 9.71 Å². The van der Waals surface area contributed by atoms with Gasteiger partial charge in [0.05, 0.1) is 11.5 Å². The van der Waals surface area contributed by atoms with Crippen molar-refractivity contribution >= 4 is 21.6 Å². The summed E-state index contributed by atoms with van der Waals surface area (Å²) in [6.07, 6.45) is 1.51. The fraction of sp³-hybridized carbons (Fsp3) is 0.444. The molecule has 8 heteroatoms. The summed E-state index contributed by atoms with van der Waals surface area (Å²) in [6.45, 7) is 1.44. The lowest BCUT2D eigenvalue weighted by Gasteiger charge is -2.14. The Morgan fingerprint density at radius 1 is 1.59 bits per heavy atom. The molecule has 96 valence electrons. The molecule has 0 saturated heterocycles. The quantitative estimate of drug-likeness (QED) is 0.711. The van der Waals surface area contributed by atoms with Crippen molar-refractivity contribution < 1.29 is 13.5 Å². The molecule has 0 saturated carbocycles. The summed E-state index contributed by atoms with van der Waals surface area (Å²) in [4.78, 5) is 13.1. The number of aliphatic hydroxyl groups is 1. The van der Waals surface area contributed by atoms with Crippen LogP contribution >= 0.6 is 11.6 Å². The first-order valence-electron chi connectivity index (χ1n) is 4.92. The van der Waals surface area contributed by atoms with E-state index in [0.29, 0.717) is 6.42 Å². The zero-order valence-electron chi connectivity index (χ0n) is 9.10. The highest BCUT2D eigenvalue weighted by Gasteiger charge is 2.19. The van der Waals surface area contributed by atoms with E-state index < -0.39 is 21.6 Å². The minimum Gasteiger partial charge on any atom is -0.395 e. The van der Waals surface area contributed by atoms with Gasteiger partial charge in [-0.3, -0.25) is 4.79 Å². The maximum Gasteiger partial charge on any atom is 0.266 e. The number of rotatable bonds is 5. The number of pyridine rings is 1. The van der Waals surface area contributed by atoms with Crippen LogP contribution in [0, 0.1) is 0 Å². The molecule has 1 heterocycles. The molecular formula is C9H13ClN2O4S. The van der Waals surface area contributed by atoms with Crippen LogP contribution in [0.3, 0.4) is 0 Å². The van der Waals surface area contributed by atoms with Crippen molar-refractivity contribution in [2.75, 3.05) is 6.61 Å². The summed E-state index contributed by atoms with van der Waals surface area (Å²) in [5.74, 6) is 0. The van der Waals surface area contributed by atoms with Crippen molar-refractivity contribution in [1.29, 1.82) is 0 Å². The molecule has 0 amide bonds. The fourth-order valence-electron chi connectivity index (χ4n) is 1.13. The summed E-state index contributed by atoms with van der Waals surface area (Å²) in [6, 6.07) is 0.498. The molecule has 0 aliphatic rings. The van der Waals surface area contributed by atoms with Gasteiger partial charge in [-0.2, -0.15) is 0 Å². The van der Waals surface area contributed by atoms with Crippen LogP contribution in [0.25, 0.3) is 0 Å². The molecular weight excluding hydrogens is 268 g/mol. The normalized spacial score (nSPS) is 13.6. The topological polar surface area (TPSA) is 99.3 Å². The van der Waals surface area contributed by atoms with Gasteiger partial charge in [-0.05, 0) is 12.5 Å². The zero-order valence-corrected chi connectivity index (χ0v) is 10.7. The molecule has 0 spiro atoms. The van der Waals surface area contributed by atoms with Gasteiger partial charge in [0.15, 0.2) is 0 Å². The first kappa shape index (κ1) is 14.2. The Morgan fingerprint density at radius 3 is 2.71 bits per heavy atom. The van der Waals surface area contributed by atoms with E-state index in [1.54, 1.807) is 6.92 Å². The maximum absolute atomic E-state index is 11.8. The van der Waals surface area contributed by atoms with E-state index in [9.17, 15) is 13.2 Å². The minimum absolute atomic E-state index is 0.144. The van der Waals surface area contributed by atoms with Gasteiger partial charge in [-0.1, -0.05) is 18.5 Å². The predicted octanol–water partition coefficient (Wildman–Crippen LogP) is 0.0775. The third-order valence-corrected chi connectivity index (χ3v) is 3.96. The largest absolute Gasteiger partial charge is 0.395 e. The number of aliphatic hydroxyl groups excluding tert-OH is 1. The number of aromatic nitrogens is 1. The Bertz CT molecular complexity index is 536. The summed E-state index contributed by atoms with van der Waals surface area (Å²) in [5.41, 5.74) is -0.556. The molecule has 1 atom stereocenters. The molecule has 17 heavy (non-hydrogen) atoms. The number of H-pyrrole nitrogens is 1.